The highest BCUT2D eigenvalue weighted by Crippen LogP contribution is 2.42. The highest BCUT2D eigenvalue weighted by atomic mass is 35.5. The molecule has 3 rings (SSSR count). The molecule has 1 aliphatic heterocycles. The maximum atomic E-state index is 12.9. The zero-order valence-electron chi connectivity index (χ0n) is 16.0. The van der Waals surface area contributed by atoms with Crippen molar-refractivity contribution >= 4 is 29.3 Å². The number of benzene rings is 2. The van der Waals surface area contributed by atoms with Crippen molar-refractivity contribution in [2.75, 3.05) is 0 Å². The summed E-state index contributed by atoms with van der Waals surface area (Å²) in [6, 6.07) is 15.6. The zero-order valence-corrected chi connectivity index (χ0v) is 17.6. The summed E-state index contributed by atoms with van der Waals surface area (Å²) in [6.07, 6.45) is 2.62. The number of ether oxygens (including phenoxy) is 1. The molecular weight excluding hydrogens is 378 g/mol. The van der Waals surface area contributed by atoms with Gasteiger partial charge in [0.1, 0.15) is 11.4 Å². The maximum absolute atomic E-state index is 12.9. The Hall–Kier alpha value is -1.65. The third kappa shape index (κ3) is 4.61. The molecule has 0 radical (unpaired) electrons. The number of hydrogen-bond donors (Lipinski definition) is 1. The molecule has 2 atom stereocenters. The van der Waals surface area contributed by atoms with Crippen molar-refractivity contribution in [3.05, 3.63) is 59.1 Å². The number of para-hydroxylation sites is 1. The van der Waals surface area contributed by atoms with E-state index in [1.54, 1.807) is 0 Å². The number of thioether (sulfide) groups is 1. The van der Waals surface area contributed by atoms with Crippen LogP contribution in [0.15, 0.2) is 53.4 Å². The van der Waals surface area contributed by atoms with Crippen LogP contribution in [-0.4, -0.2) is 16.8 Å². The van der Waals surface area contributed by atoms with Crippen LogP contribution < -0.4 is 10.1 Å². The normalized spacial score (nSPS) is 18.9. The summed E-state index contributed by atoms with van der Waals surface area (Å²) >= 11 is 7.48. The topological polar surface area (TPSA) is 38.3 Å². The van der Waals surface area contributed by atoms with Gasteiger partial charge in [-0.05, 0) is 50.1 Å². The molecule has 1 N–H and O–H groups in total. The molecule has 0 fully saturated rings. The van der Waals surface area contributed by atoms with E-state index in [0.29, 0.717) is 5.02 Å². The van der Waals surface area contributed by atoms with Crippen LogP contribution >= 0.6 is 23.4 Å². The van der Waals surface area contributed by atoms with Crippen LogP contribution in [0.2, 0.25) is 5.02 Å². The summed E-state index contributed by atoms with van der Waals surface area (Å²) in [7, 11) is 0. The third-order valence-corrected chi connectivity index (χ3v) is 6.66. The zero-order chi connectivity index (χ0) is 19.4. The fourth-order valence-electron chi connectivity index (χ4n) is 3.49. The van der Waals surface area contributed by atoms with E-state index in [1.807, 2.05) is 55.5 Å². The van der Waals surface area contributed by atoms with Crippen LogP contribution in [0, 0.1) is 0 Å². The largest absolute Gasteiger partial charge is 0.487 e. The van der Waals surface area contributed by atoms with Gasteiger partial charge >= 0.3 is 0 Å². The monoisotopic (exact) mass is 403 g/mol. The van der Waals surface area contributed by atoms with Crippen LogP contribution in [0.1, 0.15) is 51.6 Å². The molecule has 144 valence electrons. The number of rotatable bonds is 6. The second-order valence-electron chi connectivity index (χ2n) is 7.01. The van der Waals surface area contributed by atoms with Gasteiger partial charge < -0.3 is 10.1 Å². The molecule has 3 nitrogen and oxygen atoms in total. The lowest BCUT2D eigenvalue weighted by atomic mass is 9.83. The standard InChI is InChI=1S/C22H26ClNO2S/c1-4-22(5-2)14-19(18-8-6-7-9-20(18)26-22)24-21(25)15(3)27-17-12-10-16(23)11-13-17/h6-13,15,19H,4-5,14H2,1-3H3,(H,24,25)/t15-,19-/m1/s1. The lowest BCUT2D eigenvalue weighted by Crippen LogP contribution is -2.45. The van der Waals surface area contributed by atoms with Crippen LogP contribution in [0.25, 0.3) is 0 Å². The first kappa shape index (κ1) is 20.1. The van der Waals surface area contributed by atoms with Crippen LogP contribution in [0.4, 0.5) is 0 Å². The Morgan fingerprint density at radius 2 is 1.89 bits per heavy atom. The molecule has 2 aromatic rings. The molecule has 0 saturated carbocycles. The molecule has 0 saturated heterocycles. The minimum Gasteiger partial charge on any atom is -0.487 e. The Kier molecular flexibility index (Phi) is 6.38. The van der Waals surface area contributed by atoms with E-state index in [1.165, 1.54) is 11.8 Å². The summed E-state index contributed by atoms with van der Waals surface area (Å²) in [5.41, 5.74) is 0.839. The van der Waals surface area contributed by atoms with E-state index >= 15 is 0 Å². The average Bonchev–Trinajstić information content (AvgIpc) is 2.69. The fraction of sp³-hybridized carbons (Fsp3) is 0.409. The molecule has 1 amide bonds. The smallest absolute Gasteiger partial charge is 0.233 e. The number of halogens is 1. The molecule has 0 unspecified atom stereocenters. The summed E-state index contributed by atoms with van der Waals surface area (Å²) < 4.78 is 6.33. The van der Waals surface area contributed by atoms with Gasteiger partial charge in [-0.15, -0.1) is 11.8 Å². The van der Waals surface area contributed by atoms with Gasteiger partial charge in [0, 0.05) is 21.9 Å². The maximum Gasteiger partial charge on any atom is 0.233 e. The van der Waals surface area contributed by atoms with Crippen molar-refractivity contribution in [3.8, 4) is 5.75 Å². The van der Waals surface area contributed by atoms with Gasteiger partial charge in [0.2, 0.25) is 5.91 Å². The predicted molar refractivity (Wildman–Crippen MR) is 113 cm³/mol. The third-order valence-electron chi connectivity index (χ3n) is 5.30. The first-order chi connectivity index (χ1) is 13.0. The number of nitrogens with one attached hydrogen (secondary N) is 1. The minimum absolute atomic E-state index is 0.0318. The molecule has 0 aromatic heterocycles. The van der Waals surface area contributed by atoms with Gasteiger partial charge in [-0.2, -0.15) is 0 Å². The second-order valence-corrected chi connectivity index (χ2v) is 8.86. The lowest BCUT2D eigenvalue weighted by Gasteiger charge is -2.42. The van der Waals surface area contributed by atoms with E-state index in [2.05, 4.69) is 19.2 Å². The quantitative estimate of drug-likeness (QED) is 0.599. The number of carbonyl (C=O) groups excluding carboxylic acids is 1. The van der Waals surface area contributed by atoms with Crippen molar-refractivity contribution in [1.82, 2.24) is 5.32 Å². The molecule has 1 heterocycles. The van der Waals surface area contributed by atoms with Gasteiger partial charge in [0.25, 0.3) is 0 Å². The SMILES string of the molecule is CCC1(CC)C[C@@H](NC(=O)[C@@H](C)Sc2ccc(Cl)cc2)c2ccccc2O1. The Bertz CT molecular complexity index is 789. The molecule has 1 aliphatic rings. The van der Waals surface area contributed by atoms with Gasteiger partial charge in [-0.3, -0.25) is 4.79 Å². The fourth-order valence-corrected chi connectivity index (χ4v) is 4.49. The van der Waals surface area contributed by atoms with Crippen LogP contribution in [0.5, 0.6) is 5.75 Å². The van der Waals surface area contributed by atoms with Gasteiger partial charge in [-0.1, -0.05) is 43.6 Å². The Morgan fingerprint density at radius 1 is 1.22 bits per heavy atom. The Balaban J connectivity index is 1.74. The molecular formula is C22H26ClNO2S. The Morgan fingerprint density at radius 3 is 2.56 bits per heavy atom. The predicted octanol–water partition coefficient (Wildman–Crippen LogP) is 6.02. The average molecular weight is 404 g/mol. The van der Waals surface area contributed by atoms with Crippen LogP contribution in [-0.2, 0) is 4.79 Å². The first-order valence-electron chi connectivity index (χ1n) is 9.47. The van der Waals surface area contributed by atoms with Crippen molar-refractivity contribution < 1.29 is 9.53 Å². The summed E-state index contributed by atoms with van der Waals surface area (Å²) in [5.74, 6) is 0.925. The summed E-state index contributed by atoms with van der Waals surface area (Å²) in [5, 5.41) is 3.77. The van der Waals surface area contributed by atoms with Gasteiger partial charge in [0.15, 0.2) is 0 Å². The number of fused-ring (bicyclic) bond motifs is 1. The molecule has 27 heavy (non-hydrogen) atoms. The van der Waals surface area contributed by atoms with Crippen molar-refractivity contribution in [3.63, 3.8) is 0 Å². The van der Waals surface area contributed by atoms with Crippen molar-refractivity contribution in [1.29, 1.82) is 0 Å². The van der Waals surface area contributed by atoms with E-state index in [9.17, 15) is 4.79 Å². The van der Waals surface area contributed by atoms with E-state index in [4.69, 9.17) is 16.3 Å². The van der Waals surface area contributed by atoms with E-state index in [-0.39, 0.29) is 22.8 Å². The molecule has 2 aromatic carbocycles. The van der Waals surface area contributed by atoms with E-state index < -0.39 is 0 Å². The number of hydrogen-bond acceptors (Lipinski definition) is 3. The second kappa shape index (κ2) is 8.57. The highest BCUT2D eigenvalue weighted by molar-refractivity contribution is 8.00. The highest BCUT2D eigenvalue weighted by Gasteiger charge is 2.39. The van der Waals surface area contributed by atoms with E-state index in [0.717, 1.165) is 35.5 Å². The minimum atomic E-state index is -0.223. The van der Waals surface area contributed by atoms with Crippen molar-refractivity contribution in [2.24, 2.45) is 0 Å². The molecule has 0 spiro atoms. The lowest BCUT2D eigenvalue weighted by molar-refractivity contribution is -0.121. The summed E-state index contributed by atoms with van der Waals surface area (Å²) in [4.78, 5) is 13.9. The van der Waals surface area contributed by atoms with Gasteiger partial charge in [-0.25, -0.2) is 0 Å². The molecule has 0 aliphatic carbocycles. The number of amides is 1. The van der Waals surface area contributed by atoms with Gasteiger partial charge in [0.05, 0.1) is 11.3 Å². The van der Waals surface area contributed by atoms with Crippen molar-refractivity contribution in [2.45, 2.75) is 61.8 Å². The first-order valence-corrected chi connectivity index (χ1v) is 10.7. The number of carbonyl (C=O) groups is 1. The molecule has 0 bridgehead atoms. The van der Waals surface area contributed by atoms with Crippen LogP contribution in [0.3, 0.4) is 0 Å². The Labute approximate surface area is 170 Å². The summed E-state index contributed by atoms with van der Waals surface area (Å²) in [6.45, 7) is 6.23. The molecule has 5 heteroatoms.